The van der Waals surface area contributed by atoms with Crippen molar-refractivity contribution in [3.63, 3.8) is 0 Å². The zero-order valence-corrected chi connectivity index (χ0v) is 11.3. The van der Waals surface area contributed by atoms with E-state index in [-0.39, 0.29) is 5.57 Å². The molecule has 0 N–H and O–H groups in total. The summed E-state index contributed by atoms with van der Waals surface area (Å²) in [6, 6.07) is 0. The van der Waals surface area contributed by atoms with Crippen LogP contribution in [0.4, 0.5) is 0 Å². The zero-order valence-electron chi connectivity index (χ0n) is 11.3. The number of carbonyl (C=O) groups excluding carboxylic acids is 2. The fraction of sp³-hybridized carbons (Fsp3) is 0.571. The van der Waals surface area contributed by atoms with Gasteiger partial charge in [-0.2, -0.15) is 0 Å². The molecule has 2 heterocycles. The van der Waals surface area contributed by atoms with E-state index in [0.29, 0.717) is 0 Å². The molecule has 2 aliphatic rings. The third-order valence-corrected chi connectivity index (χ3v) is 3.07. The van der Waals surface area contributed by atoms with Crippen molar-refractivity contribution in [2.45, 2.75) is 38.9 Å². The topological polar surface area (TPSA) is 55.8 Å². The maximum atomic E-state index is 11.7. The Bertz CT molecular complexity index is 409. The van der Waals surface area contributed by atoms with E-state index in [0.717, 1.165) is 13.1 Å². The molecule has 0 bridgehead atoms. The molecule has 2 fully saturated rings. The molecule has 0 amide bonds. The number of cyclic esters (lactones) is 2. The van der Waals surface area contributed by atoms with E-state index in [2.05, 4.69) is 4.90 Å². The number of hydrogen-bond acceptors (Lipinski definition) is 5. The van der Waals surface area contributed by atoms with Gasteiger partial charge in [-0.3, -0.25) is 0 Å². The highest BCUT2D eigenvalue weighted by Gasteiger charge is 2.38. The summed E-state index contributed by atoms with van der Waals surface area (Å²) in [5.74, 6) is -2.45. The Labute approximate surface area is 112 Å². The first kappa shape index (κ1) is 13.6. The summed E-state index contributed by atoms with van der Waals surface area (Å²) in [7, 11) is 0. The van der Waals surface area contributed by atoms with Crippen molar-refractivity contribution in [1.29, 1.82) is 0 Å². The largest absolute Gasteiger partial charge is 0.419 e. The Kier molecular flexibility index (Phi) is 3.93. The number of ether oxygens (including phenoxy) is 2. The molecule has 2 aliphatic heterocycles. The van der Waals surface area contributed by atoms with Gasteiger partial charge in [0.1, 0.15) is 5.57 Å². The van der Waals surface area contributed by atoms with Crippen LogP contribution in [0.5, 0.6) is 0 Å². The summed E-state index contributed by atoms with van der Waals surface area (Å²) in [5, 5.41) is 0. The second-order valence-electron chi connectivity index (χ2n) is 5.20. The number of hydrogen-bond donors (Lipinski definition) is 0. The zero-order chi connectivity index (χ0) is 13.9. The van der Waals surface area contributed by atoms with Crippen molar-refractivity contribution in [2.75, 3.05) is 13.1 Å². The molecule has 2 saturated heterocycles. The van der Waals surface area contributed by atoms with Gasteiger partial charge in [-0.25, -0.2) is 9.59 Å². The van der Waals surface area contributed by atoms with Crippen LogP contribution in [0.25, 0.3) is 0 Å². The number of likely N-dealkylation sites (tertiary alicyclic amines) is 1. The highest BCUT2D eigenvalue weighted by molar-refractivity contribution is 6.15. The van der Waals surface area contributed by atoms with E-state index in [1.165, 1.54) is 39.2 Å². The average molecular weight is 265 g/mol. The number of rotatable bonds is 2. The van der Waals surface area contributed by atoms with E-state index < -0.39 is 17.7 Å². The fourth-order valence-corrected chi connectivity index (χ4v) is 2.13. The van der Waals surface area contributed by atoms with Crippen molar-refractivity contribution in [3.8, 4) is 0 Å². The highest BCUT2D eigenvalue weighted by atomic mass is 16.7. The summed E-state index contributed by atoms with van der Waals surface area (Å²) in [6.45, 7) is 5.09. The SMILES string of the molecule is CC1(C)OC(=O)C(=C/C=C/N2CCCCC2)C(=O)O1. The first-order valence-corrected chi connectivity index (χ1v) is 6.57. The molecule has 0 aromatic carbocycles. The van der Waals surface area contributed by atoms with Gasteiger partial charge in [-0.1, -0.05) is 0 Å². The van der Waals surface area contributed by atoms with Crippen LogP contribution in [0.1, 0.15) is 33.1 Å². The molecule has 0 unspecified atom stereocenters. The van der Waals surface area contributed by atoms with E-state index in [1.54, 1.807) is 6.08 Å². The minimum absolute atomic E-state index is 0.0624. The summed E-state index contributed by atoms with van der Waals surface area (Å²) in [5.41, 5.74) is -0.0624. The predicted molar refractivity (Wildman–Crippen MR) is 68.9 cm³/mol. The first-order chi connectivity index (χ1) is 8.98. The van der Waals surface area contributed by atoms with Crippen LogP contribution < -0.4 is 0 Å². The van der Waals surface area contributed by atoms with Crippen molar-refractivity contribution in [3.05, 3.63) is 23.9 Å². The van der Waals surface area contributed by atoms with Crippen molar-refractivity contribution in [1.82, 2.24) is 4.90 Å². The number of nitrogens with zero attached hydrogens (tertiary/aromatic N) is 1. The molecule has 5 nitrogen and oxygen atoms in total. The van der Waals surface area contributed by atoms with Crippen molar-refractivity contribution < 1.29 is 19.1 Å². The van der Waals surface area contributed by atoms with Gasteiger partial charge in [0.2, 0.25) is 0 Å². The Morgan fingerprint density at radius 2 is 1.63 bits per heavy atom. The van der Waals surface area contributed by atoms with Crippen LogP contribution in [0.2, 0.25) is 0 Å². The van der Waals surface area contributed by atoms with Crippen molar-refractivity contribution >= 4 is 11.9 Å². The molecule has 0 aromatic rings. The lowest BCUT2D eigenvalue weighted by Crippen LogP contribution is -2.41. The van der Waals surface area contributed by atoms with E-state index >= 15 is 0 Å². The molecule has 0 aliphatic carbocycles. The first-order valence-electron chi connectivity index (χ1n) is 6.57. The summed E-state index contributed by atoms with van der Waals surface area (Å²) in [4.78, 5) is 25.5. The van der Waals surface area contributed by atoms with Crippen LogP contribution in [0.15, 0.2) is 23.9 Å². The van der Waals surface area contributed by atoms with E-state index in [9.17, 15) is 9.59 Å². The third kappa shape index (κ3) is 3.59. The van der Waals surface area contributed by atoms with Gasteiger partial charge in [0.05, 0.1) is 0 Å². The lowest BCUT2D eigenvalue weighted by atomic mass is 10.1. The second-order valence-corrected chi connectivity index (χ2v) is 5.20. The number of piperidine rings is 1. The van der Waals surface area contributed by atoms with Crippen LogP contribution in [0, 0.1) is 0 Å². The van der Waals surface area contributed by atoms with Crippen LogP contribution >= 0.6 is 0 Å². The molecule has 0 saturated carbocycles. The van der Waals surface area contributed by atoms with E-state index in [4.69, 9.17) is 9.47 Å². The number of carbonyl (C=O) groups is 2. The highest BCUT2D eigenvalue weighted by Crippen LogP contribution is 2.22. The third-order valence-electron chi connectivity index (χ3n) is 3.07. The van der Waals surface area contributed by atoms with Crippen molar-refractivity contribution in [2.24, 2.45) is 0 Å². The van der Waals surface area contributed by atoms with Gasteiger partial charge in [0.15, 0.2) is 0 Å². The predicted octanol–water partition coefficient (Wildman–Crippen LogP) is 1.75. The van der Waals surface area contributed by atoms with Gasteiger partial charge in [-0.05, 0) is 37.6 Å². The fourth-order valence-electron chi connectivity index (χ4n) is 2.13. The Morgan fingerprint density at radius 3 is 2.21 bits per heavy atom. The monoisotopic (exact) mass is 265 g/mol. The molecule has 0 atom stereocenters. The Hall–Kier alpha value is -1.78. The smallest absolute Gasteiger partial charge is 0.348 e. The molecule has 19 heavy (non-hydrogen) atoms. The van der Waals surface area contributed by atoms with Crippen LogP contribution in [-0.2, 0) is 19.1 Å². The lowest BCUT2D eigenvalue weighted by molar-refractivity contribution is -0.222. The van der Waals surface area contributed by atoms with Gasteiger partial charge < -0.3 is 14.4 Å². The molecular weight excluding hydrogens is 246 g/mol. The maximum Gasteiger partial charge on any atom is 0.348 e. The molecule has 0 radical (unpaired) electrons. The summed E-state index contributed by atoms with van der Waals surface area (Å²) in [6.07, 6.45) is 8.67. The molecular formula is C14H19NO4. The van der Waals surface area contributed by atoms with Gasteiger partial charge in [-0.15, -0.1) is 0 Å². The maximum absolute atomic E-state index is 11.7. The molecule has 0 spiro atoms. The molecule has 5 heteroatoms. The molecule has 104 valence electrons. The Morgan fingerprint density at radius 1 is 1.05 bits per heavy atom. The summed E-state index contributed by atoms with van der Waals surface area (Å²) < 4.78 is 10.0. The average Bonchev–Trinajstić information content (AvgIpc) is 2.32. The van der Waals surface area contributed by atoms with Crippen LogP contribution in [0.3, 0.4) is 0 Å². The lowest BCUT2D eigenvalue weighted by Gasteiger charge is -2.29. The number of esters is 2. The number of allylic oxidation sites excluding steroid dienone is 2. The van der Waals surface area contributed by atoms with Gasteiger partial charge >= 0.3 is 11.9 Å². The van der Waals surface area contributed by atoms with Crippen LogP contribution in [-0.4, -0.2) is 35.7 Å². The second kappa shape index (κ2) is 5.47. The normalized spacial score (nSPS) is 23.3. The summed E-state index contributed by atoms with van der Waals surface area (Å²) >= 11 is 0. The molecule has 0 aromatic heterocycles. The minimum atomic E-state index is -1.18. The standard InChI is InChI=1S/C14H19NO4/c1-14(2)18-12(16)11(13(17)19-14)7-6-10-15-8-4-3-5-9-15/h6-7,10H,3-5,8-9H2,1-2H3/b10-6+. The Balaban J connectivity index is 2.00. The van der Waals surface area contributed by atoms with Gasteiger partial charge in [0, 0.05) is 26.9 Å². The minimum Gasteiger partial charge on any atom is -0.419 e. The van der Waals surface area contributed by atoms with E-state index in [1.807, 2.05) is 6.20 Å². The quantitative estimate of drug-likeness (QED) is 0.432. The van der Waals surface area contributed by atoms with Gasteiger partial charge in [0.25, 0.3) is 5.79 Å². The molecule has 2 rings (SSSR count).